The van der Waals surface area contributed by atoms with E-state index in [9.17, 15) is 9.59 Å². The van der Waals surface area contributed by atoms with Crippen LogP contribution in [0.5, 0.6) is 17.2 Å². The van der Waals surface area contributed by atoms with Gasteiger partial charge in [0.1, 0.15) is 11.3 Å². The Morgan fingerprint density at radius 1 is 0.943 bits per heavy atom. The van der Waals surface area contributed by atoms with Crippen LogP contribution in [0.3, 0.4) is 0 Å². The van der Waals surface area contributed by atoms with E-state index in [1.165, 1.54) is 0 Å². The molecule has 0 radical (unpaired) electrons. The van der Waals surface area contributed by atoms with E-state index < -0.39 is 6.04 Å². The Labute approximate surface area is 201 Å². The number of benzene rings is 3. The molecule has 0 N–H and O–H groups in total. The van der Waals surface area contributed by atoms with Crippen molar-refractivity contribution in [3.8, 4) is 17.2 Å². The van der Waals surface area contributed by atoms with Gasteiger partial charge in [-0.2, -0.15) is 0 Å². The average molecular weight is 469 g/mol. The summed E-state index contributed by atoms with van der Waals surface area (Å²) in [5, 5.41) is 0.475. The van der Waals surface area contributed by atoms with Crippen LogP contribution in [0.2, 0.25) is 0 Å². The maximum Gasteiger partial charge on any atom is 0.291 e. The first-order valence-corrected chi connectivity index (χ1v) is 11.4. The molecule has 2 aliphatic rings. The van der Waals surface area contributed by atoms with Gasteiger partial charge in [-0.25, -0.2) is 0 Å². The predicted molar refractivity (Wildman–Crippen MR) is 129 cm³/mol. The average Bonchev–Trinajstić information content (AvgIpc) is 3.43. The largest absolute Gasteiger partial charge is 0.497 e. The summed E-state index contributed by atoms with van der Waals surface area (Å²) < 4.78 is 22.3. The van der Waals surface area contributed by atoms with Gasteiger partial charge in [0.2, 0.25) is 12.6 Å². The number of hydrogen-bond donors (Lipinski definition) is 0. The topological polar surface area (TPSA) is 78.2 Å². The third-order valence-corrected chi connectivity index (χ3v) is 6.80. The van der Waals surface area contributed by atoms with Gasteiger partial charge in [-0.05, 0) is 72.5 Å². The van der Waals surface area contributed by atoms with Crippen LogP contribution < -0.4 is 19.6 Å². The first kappa shape index (κ1) is 21.3. The first-order valence-electron chi connectivity index (χ1n) is 11.4. The van der Waals surface area contributed by atoms with Crippen molar-refractivity contribution in [1.82, 2.24) is 4.90 Å². The van der Waals surface area contributed by atoms with Crippen molar-refractivity contribution >= 4 is 16.9 Å². The minimum Gasteiger partial charge on any atom is -0.497 e. The second kappa shape index (κ2) is 7.91. The lowest BCUT2D eigenvalue weighted by molar-refractivity contribution is 0.0714. The Morgan fingerprint density at radius 3 is 2.46 bits per heavy atom. The van der Waals surface area contributed by atoms with Crippen molar-refractivity contribution in [2.45, 2.75) is 26.4 Å². The van der Waals surface area contributed by atoms with E-state index in [2.05, 4.69) is 0 Å². The molecule has 0 bridgehead atoms. The highest BCUT2D eigenvalue weighted by molar-refractivity contribution is 5.99. The van der Waals surface area contributed by atoms with E-state index >= 15 is 0 Å². The van der Waals surface area contributed by atoms with Gasteiger partial charge in [0.05, 0.1) is 24.1 Å². The van der Waals surface area contributed by atoms with Gasteiger partial charge in [0, 0.05) is 6.54 Å². The van der Waals surface area contributed by atoms with Crippen LogP contribution in [0.25, 0.3) is 11.0 Å². The number of carbonyl (C=O) groups excluding carboxylic acids is 1. The lowest BCUT2D eigenvalue weighted by Crippen LogP contribution is -2.29. The molecule has 3 heterocycles. The van der Waals surface area contributed by atoms with Crippen LogP contribution in [0.1, 0.15) is 44.4 Å². The SMILES string of the molecule is COc1ccc(C2c3c(oc4cc(C)c(C)cc4c3=O)C(=O)N2Cc2ccc3c(c2)OCO3)cc1. The molecule has 1 unspecified atom stereocenters. The first-order chi connectivity index (χ1) is 16.9. The Balaban J connectivity index is 1.52. The Hall–Kier alpha value is -4.26. The van der Waals surface area contributed by atoms with E-state index in [0.29, 0.717) is 33.8 Å². The Kier molecular flexibility index (Phi) is 4.81. The number of amides is 1. The van der Waals surface area contributed by atoms with Gasteiger partial charge in [-0.3, -0.25) is 9.59 Å². The highest BCUT2D eigenvalue weighted by Gasteiger charge is 2.43. The third kappa shape index (κ3) is 3.34. The highest BCUT2D eigenvalue weighted by Crippen LogP contribution is 2.41. The third-order valence-electron chi connectivity index (χ3n) is 6.80. The molecule has 4 aromatic rings. The van der Waals surface area contributed by atoms with E-state index in [4.69, 9.17) is 18.6 Å². The molecular formula is C28H23NO6. The normalized spacial score (nSPS) is 16.1. The summed E-state index contributed by atoms with van der Waals surface area (Å²) in [6.07, 6.45) is 0. The molecule has 7 nitrogen and oxygen atoms in total. The van der Waals surface area contributed by atoms with Crippen LogP contribution in [0.4, 0.5) is 0 Å². The van der Waals surface area contributed by atoms with Crippen molar-refractivity contribution in [2.75, 3.05) is 13.9 Å². The van der Waals surface area contributed by atoms with E-state index in [0.717, 1.165) is 22.3 Å². The number of nitrogens with zero attached hydrogens (tertiary/aromatic N) is 1. The maximum absolute atomic E-state index is 13.8. The van der Waals surface area contributed by atoms with Crippen molar-refractivity contribution in [3.05, 3.63) is 98.4 Å². The van der Waals surface area contributed by atoms with Gasteiger partial charge in [-0.1, -0.05) is 18.2 Å². The lowest BCUT2D eigenvalue weighted by Gasteiger charge is -2.25. The Bertz CT molecular complexity index is 1550. The molecular weight excluding hydrogens is 446 g/mol. The van der Waals surface area contributed by atoms with E-state index in [-0.39, 0.29) is 30.4 Å². The number of aryl methyl sites for hydroxylation is 2. The molecule has 2 aliphatic heterocycles. The molecule has 0 aliphatic carbocycles. The molecule has 0 saturated heterocycles. The maximum atomic E-state index is 13.8. The molecule has 7 heteroatoms. The number of methoxy groups -OCH3 is 1. The minimum atomic E-state index is -0.601. The fraction of sp³-hybridized carbons (Fsp3) is 0.214. The van der Waals surface area contributed by atoms with E-state index in [1.807, 2.05) is 68.4 Å². The van der Waals surface area contributed by atoms with Crippen molar-refractivity contribution in [3.63, 3.8) is 0 Å². The molecule has 1 aromatic heterocycles. The summed E-state index contributed by atoms with van der Waals surface area (Å²) in [5.74, 6) is 1.77. The van der Waals surface area contributed by atoms with Crippen molar-refractivity contribution < 1.29 is 23.4 Å². The van der Waals surface area contributed by atoms with Gasteiger partial charge in [0.25, 0.3) is 5.91 Å². The molecule has 0 spiro atoms. The van der Waals surface area contributed by atoms with Crippen molar-refractivity contribution in [2.24, 2.45) is 0 Å². The second-order valence-electron chi connectivity index (χ2n) is 8.90. The quantitative estimate of drug-likeness (QED) is 0.423. The fourth-order valence-electron chi connectivity index (χ4n) is 4.81. The smallest absolute Gasteiger partial charge is 0.291 e. The Morgan fingerprint density at radius 2 is 1.69 bits per heavy atom. The predicted octanol–water partition coefficient (Wildman–Crippen LogP) is 4.89. The second-order valence-corrected chi connectivity index (χ2v) is 8.90. The summed E-state index contributed by atoms with van der Waals surface area (Å²) >= 11 is 0. The molecule has 1 atom stereocenters. The van der Waals surface area contributed by atoms with Crippen LogP contribution in [-0.2, 0) is 6.54 Å². The fourth-order valence-corrected chi connectivity index (χ4v) is 4.81. The molecule has 176 valence electrons. The molecule has 0 fully saturated rings. The summed E-state index contributed by atoms with van der Waals surface area (Å²) in [7, 11) is 1.60. The summed E-state index contributed by atoms with van der Waals surface area (Å²) in [4.78, 5) is 29.2. The number of hydrogen-bond acceptors (Lipinski definition) is 6. The van der Waals surface area contributed by atoms with Gasteiger partial charge in [-0.15, -0.1) is 0 Å². The van der Waals surface area contributed by atoms with Crippen LogP contribution in [0.15, 0.2) is 63.8 Å². The zero-order valence-electron chi connectivity index (χ0n) is 19.6. The molecule has 6 rings (SSSR count). The summed E-state index contributed by atoms with van der Waals surface area (Å²) in [6.45, 7) is 4.35. The van der Waals surface area contributed by atoms with Gasteiger partial charge >= 0.3 is 0 Å². The summed E-state index contributed by atoms with van der Waals surface area (Å²) in [5.41, 5.74) is 4.24. The molecule has 3 aromatic carbocycles. The standard InChI is InChI=1S/C28H23NO6/c1-15-10-20-22(11-16(15)2)35-27-24(26(20)30)25(18-5-7-19(32-3)8-6-18)29(28(27)31)13-17-4-9-21-23(12-17)34-14-33-21/h4-12,25H,13-14H2,1-3H3. The van der Waals surface area contributed by atoms with Crippen LogP contribution >= 0.6 is 0 Å². The van der Waals surface area contributed by atoms with Gasteiger partial charge in [0.15, 0.2) is 16.9 Å². The lowest BCUT2D eigenvalue weighted by atomic mass is 9.97. The molecule has 1 amide bonds. The number of ether oxygens (including phenoxy) is 3. The highest BCUT2D eigenvalue weighted by atomic mass is 16.7. The minimum absolute atomic E-state index is 0.0901. The number of fused-ring (bicyclic) bond motifs is 3. The zero-order chi connectivity index (χ0) is 24.3. The monoisotopic (exact) mass is 469 g/mol. The summed E-state index contributed by atoms with van der Waals surface area (Å²) in [6, 6.07) is 16.1. The number of carbonyl (C=O) groups is 1. The zero-order valence-corrected chi connectivity index (χ0v) is 19.6. The number of rotatable bonds is 4. The van der Waals surface area contributed by atoms with E-state index in [1.54, 1.807) is 12.0 Å². The van der Waals surface area contributed by atoms with Gasteiger partial charge < -0.3 is 23.5 Å². The van der Waals surface area contributed by atoms with Crippen LogP contribution in [-0.4, -0.2) is 24.7 Å². The molecule has 35 heavy (non-hydrogen) atoms. The van der Waals surface area contributed by atoms with Crippen LogP contribution in [0, 0.1) is 13.8 Å². The van der Waals surface area contributed by atoms with Crippen molar-refractivity contribution in [1.29, 1.82) is 0 Å². The molecule has 0 saturated carbocycles.